The lowest BCUT2D eigenvalue weighted by Crippen LogP contribution is -2.48. The Bertz CT molecular complexity index is 819. The van der Waals surface area contributed by atoms with Crippen LogP contribution in [-0.4, -0.2) is 48.4 Å². The average molecular weight is 434 g/mol. The molecule has 1 amide bonds. The number of piperazine rings is 1. The molecule has 0 bridgehead atoms. The number of nitrogens with zero attached hydrogens (tertiary/aromatic N) is 2. The number of hydrogen-bond acceptors (Lipinski definition) is 3. The average Bonchev–Trinajstić information content (AvgIpc) is 2.64. The van der Waals surface area contributed by atoms with Crippen LogP contribution < -0.4 is 5.32 Å². The first-order valence-electron chi connectivity index (χ1n) is 9.17. The van der Waals surface area contributed by atoms with Crippen LogP contribution in [0.2, 0.25) is 0 Å². The quantitative estimate of drug-likeness (QED) is 0.774. The van der Waals surface area contributed by atoms with Crippen molar-refractivity contribution in [2.45, 2.75) is 20.4 Å². The number of aryl methyl sites for hydroxylation is 1. The van der Waals surface area contributed by atoms with Crippen LogP contribution in [0.4, 0.5) is 10.1 Å². The van der Waals surface area contributed by atoms with E-state index in [1.54, 1.807) is 6.07 Å². The van der Waals surface area contributed by atoms with E-state index >= 15 is 0 Å². The van der Waals surface area contributed by atoms with Gasteiger partial charge < -0.3 is 5.32 Å². The Morgan fingerprint density at radius 3 is 2.48 bits per heavy atom. The van der Waals surface area contributed by atoms with Crippen LogP contribution in [0, 0.1) is 19.7 Å². The van der Waals surface area contributed by atoms with Crippen LogP contribution in [0.15, 0.2) is 40.9 Å². The van der Waals surface area contributed by atoms with Crippen molar-refractivity contribution < 1.29 is 9.18 Å². The lowest BCUT2D eigenvalue weighted by Gasteiger charge is -2.34. The van der Waals surface area contributed by atoms with Crippen LogP contribution in [0.3, 0.4) is 0 Å². The number of rotatable bonds is 5. The summed E-state index contributed by atoms with van der Waals surface area (Å²) in [5.41, 5.74) is 3.85. The van der Waals surface area contributed by atoms with E-state index in [0.717, 1.165) is 37.4 Å². The van der Waals surface area contributed by atoms with Crippen molar-refractivity contribution in [1.82, 2.24) is 9.80 Å². The molecule has 0 atom stereocenters. The fraction of sp³-hybridized carbons (Fsp3) is 0.381. The summed E-state index contributed by atoms with van der Waals surface area (Å²) in [6, 6.07) is 11.3. The summed E-state index contributed by atoms with van der Waals surface area (Å²) >= 11 is 3.24. The summed E-state index contributed by atoms with van der Waals surface area (Å²) in [7, 11) is 0. The normalized spacial score (nSPS) is 15.7. The molecule has 0 unspecified atom stereocenters. The Hall–Kier alpha value is -1.76. The second-order valence-electron chi connectivity index (χ2n) is 7.06. The van der Waals surface area contributed by atoms with Crippen molar-refractivity contribution in [3.05, 3.63) is 63.4 Å². The monoisotopic (exact) mass is 433 g/mol. The fourth-order valence-corrected chi connectivity index (χ4v) is 3.70. The first kappa shape index (κ1) is 20.0. The molecule has 1 N–H and O–H groups in total. The lowest BCUT2D eigenvalue weighted by atomic mass is 10.1. The first-order chi connectivity index (χ1) is 12.9. The van der Waals surface area contributed by atoms with E-state index < -0.39 is 0 Å². The Labute approximate surface area is 168 Å². The molecule has 2 aromatic rings. The molecule has 3 rings (SSSR count). The van der Waals surface area contributed by atoms with Crippen LogP contribution in [0.1, 0.15) is 16.7 Å². The van der Waals surface area contributed by atoms with E-state index in [0.29, 0.717) is 23.1 Å². The van der Waals surface area contributed by atoms with Crippen LogP contribution in [0.25, 0.3) is 0 Å². The van der Waals surface area contributed by atoms with E-state index in [1.165, 1.54) is 5.56 Å². The van der Waals surface area contributed by atoms with Gasteiger partial charge >= 0.3 is 0 Å². The number of carbonyl (C=O) groups excluding carboxylic acids is 1. The molecule has 1 aliphatic rings. The topological polar surface area (TPSA) is 35.6 Å². The van der Waals surface area contributed by atoms with Gasteiger partial charge in [0.15, 0.2) is 0 Å². The van der Waals surface area contributed by atoms with E-state index in [1.807, 2.05) is 44.2 Å². The highest BCUT2D eigenvalue weighted by Crippen LogP contribution is 2.21. The SMILES string of the molecule is Cc1cccc(NC(=O)CN2CCN(Cc3cccc(Br)c3F)CC2)c1C. The predicted molar refractivity (Wildman–Crippen MR) is 110 cm³/mol. The highest BCUT2D eigenvalue weighted by molar-refractivity contribution is 9.10. The summed E-state index contributed by atoms with van der Waals surface area (Å²) in [6.07, 6.45) is 0. The van der Waals surface area contributed by atoms with Gasteiger partial charge in [0.1, 0.15) is 5.82 Å². The molecule has 6 heteroatoms. The van der Waals surface area contributed by atoms with E-state index in [9.17, 15) is 9.18 Å². The molecule has 1 fully saturated rings. The summed E-state index contributed by atoms with van der Waals surface area (Å²) in [6.45, 7) is 8.28. The zero-order valence-corrected chi connectivity index (χ0v) is 17.4. The van der Waals surface area contributed by atoms with Crippen molar-refractivity contribution in [3.8, 4) is 0 Å². The molecule has 0 saturated carbocycles. The molecule has 2 aromatic carbocycles. The zero-order chi connectivity index (χ0) is 19.4. The number of hydrogen-bond donors (Lipinski definition) is 1. The van der Waals surface area contributed by atoms with Crippen LogP contribution >= 0.6 is 15.9 Å². The lowest BCUT2D eigenvalue weighted by molar-refractivity contribution is -0.117. The maximum absolute atomic E-state index is 14.1. The summed E-state index contributed by atoms with van der Waals surface area (Å²) in [5, 5.41) is 3.01. The van der Waals surface area contributed by atoms with Gasteiger partial charge in [0.05, 0.1) is 11.0 Å². The molecule has 144 valence electrons. The van der Waals surface area contributed by atoms with E-state index in [-0.39, 0.29) is 11.7 Å². The molecule has 0 aromatic heterocycles. The van der Waals surface area contributed by atoms with Gasteiger partial charge in [-0.2, -0.15) is 0 Å². The maximum Gasteiger partial charge on any atom is 0.238 e. The minimum absolute atomic E-state index is 0.00943. The molecule has 4 nitrogen and oxygen atoms in total. The minimum Gasteiger partial charge on any atom is -0.325 e. The maximum atomic E-state index is 14.1. The Kier molecular flexibility index (Phi) is 6.63. The number of carbonyl (C=O) groups is 1. The van der Waals surface area contributed by atoms with Crippen LogP contribution in [-0.2, 0) is 11.3 Å². The highest BCUT2D eigenvalue weighted by atomic mass is 79.9. The van der Waals surface area contributed by atoms with Gasteiger partial charge in [0.2, 0.25) is 5.91 Å². The molecule has 27 heavy (non-hydrogen) atoms. The van der Waals surface area contributed by atoms with Crippen molar-refractivity contribution in [3.63, 3.8) is 0 Å². The third kappa shape index (κ3) is 5.15. The summed E-state index contributed by atoms with van der Waals surface area (Å²) < 4.78 is 14.6. The molecule has 0 aliphatic carbocycles. The zero-order valence-electron chi connectivity index (χ0n) is 15.8. The molecule has 1 heterocycles. The summed E-state index contributed by atoms with van der Waals surface area (Å²) in [5.74, 6) is -0.178. The third-order valence-electron chi connectivity index (χ3n) is 5.14. The second-order valence-corrected chi connectivity index (χ2v) is 7.92. The van der Waals surface area contributed by atoms with Gasteiger partial charge in [-0.1, -0.05) is 24.3 Å². The molecular formula is C21H25BrFN3O. The molecule has 1 aliphatic heterocycles. The van der Waals surface area contributed by atoms with Crippen molar-refractivity contribution in [2.24, 2.45) is 0 Å². The molecule has 0 spiro atoms. The minimum atomic E-state index is -0.187. The standard InChI is InChI=1S/C21H25BrFN3O/c1-15-5-3-8-19(16(15)2)24-20(27)14-26-11-9-25(10-12-26)13-17-6-4-7-18(22)21(17)23/h3-8H,9-14H2,1-2H3,(H,24,27). The Morgan fingerprint density at radius 1 is 1.07 bits per heavy atom. The van der Waals surface area contributed by atoms with Gasteiger partial charge in [0, 0.05) is 44.0 Å². The predicted octanol–water partition coefficient (Wildman–Crippen LogP) is 3.96. The summed E-state index contributed by atoms with van der Waals surface area (Å²) in [4.78, 5) is 16.8. The van der Waals surface area contributed by atoms with Crippen molar-refractivity contribution >= 4 is 27.5 Å². The number of halogens is 2. The highest BCUT2D eigenvalue weighted by Gasteiger charge is 2.20. The van der Waals surface area contributed by atoms with Crippen molar-refractivity contribution in [2.75, 3.05) is 38.0 Å². The molecular weight excluding hydrogens is 409 g/mol. The first-order valence-corrected chi connectivity index (χ1v) is 9.97. The Balaban J connectivity index is 1.48. The number of anilines is 1. The smallest absolute Gasteiger partial charge is 0.238 e. The van der Waals surface area contributed by atoms with Gasteiger partial charge in [-0.25, -0.2) is 4.39 Å². The number of benzene rings is 2. The van der Waals surface area contributed by atoms with Gasteiger partial charge in [-0.05, 0) is 53.0 Å². The second kappa shape index (κ2) is 8.95. The largest absolute Gasteiger partial charge is 0.325 e. The Morgan fingerprint density at radius 2 is 1.74 bits per heavy atom. The number of nitrogens with one attached hydrogen (secondary N) is 1. The van der Waals surface area contributed by atoms with E-state index in [2.05, 4.69) is 31.0 Å². The molecule has 0 radical (unpaired) electrons. The number of amides is 1. The van der Waals surface area contributed by atoms with Gasteiger partial charge in [0.25, 0.3) is 0 Å². The van der Waals surface area contributed by atoms with Crippen LogP contribution in [0.5, 0.6) is 0 Å². The van der Waals surface area contributed by atoms with Gasteiger partial charge in [-0.3, -0.25) is 14.6 Å². The fourth-order valence-electron chi connectivity index (χ4n) is 3.30. The van der Waals surface area contributed by atoms with Crippen molar-refractivity contribution in [1.29, 1.82) is 0 Å². The third-order valence-corrected chi connectivity index (χ3v) is 5.75. The van der Waals surface area contributed by atoms with E-state index in [4.69, 9.17) is 0 Å². The molecule has 1 saturated heterocycles. The van der Waals surface area contributed by atoms with Gasteiger partial charge in [-0.15, -0.1) is 0 Å².